The highest BCUT2D eigenvalue weighted by Gasteiger charge is 2.45. The van der Waals surface area contributed by atoms with E-state index in [1.54, 1.807) is 0 Å². The van der Waals surface area contributed by atoms with Crippen LogP contribution in [-0.2, 0) is 34.5 Å². The van der Waals surface area contributed by atoms with Gasteiger partial charge in [0.25, 0.3) is 0 Å². The van der Waals surface area contributed by atoms with Crippen LogP contribution in [0, 0.1) is 0 Å². The molecule has 0 unspecified atom stereocenters. The first-order valence-electron chi connectivity index (χ1n) is 13.2. The van der Waals surface area contributed by atoms with Crippen LogP contribution in [0.1, 0.15) is 66.5 Å². The van der Waals surface area contributed by atoms with Crippen LogP contribution in [0.25, 0.3) is 0 Å². The number of pyridine rings is 1. The van der Waals surface area contributed by atoms with Gasteiger partial charge in [0, 0.05) is 37.1 Å². The number of halogens is 9. The fourth-order valence-corrected chi connectivity index (χ4v) is 5.45. The number of benzene rings is 1. The molecule has 3 aliphatic rings. The Kier molecular flexibility index (Phi) is 7.77. The SMILES string of the molecule is C[C@H]1[C@@H](c2cc(C(F)(F)F)cc(C(F)(F)F)c2)OC(=O)N1Cc1cc(C(F)(F)F)cnc1N(C1CCOCC1)C1CC1. The molecule has 0 N–H and O–H groups in total. The summed E-state index contributed by atoms with van der Waals surface area (Å²) in [5, 5.41) is 0. The lowest BCUT2D eigenvalue weighted by Gasteiger charge is -2.37. The van der Waals surface area contributed by atoms with Crippen molar-refractivity contribution < 1.29 is 53.8 Å². The predicted octanol–water partition coefficient (Wildman–Crippen LogP) is 7.37. The Hall–Kier alpha value is -3.23. The quantitative estimate of drug-likeness (QED) is 0.320. The van der Waals surface area contributed by atoms with E-state index in [0.29, 0.717) is 44.4 Å². The number of hydrogen-bond donors (Lipinski definition) is 0. The van der Waals surface area contributed by atoms with E-state index in [0.717, 1.165) is 23.8 Å². The molecule has 2 aliphatic heterocycles. The molecule has 6 nitrogen and oxygen atoms in total. The van der Waals surface area contributed by atoms with Gasteiger partial charge in [-0.2, -0.15) is 39.5 Å². The summed E-state index contributed by atoms with van der Waals surface area (Å²) in [6.45, 7) is 1.80. The van der Waals surface area contributed by atoms with Gasteiger partial charge in [-0.25, -0.2) is 9.78 Å². The zero-order chi connectivity index (χ0) is 30.6. The van der Waals surface area contributed by atoms with Crippen LogP contribution in [0.4, 0.5) is 50.1 Å². The highest BCUT2D eigenvalue weighted by molar-refractivity contribution is 5.71. The van der Waals surface area contributed by atoms with Crippen LogP contribution >= 0.6 is 0 Å². The lowest BCUT2D eigenvalue weighted by atomic mass is 9.97. The second-order valence-electron chi connectivity index (χ2n) is 10.7. The van der Waals surface area contributed by atoms with Crippen molar-refractivity contribution in [2.45, 2.75) is 81.9 Å². The van der Waals surface area contributed by atoms with E-state index in [-0.39, 0.29) is 29.5 Å². The Labute approximate surface area is 234 Å². The number of amides is 1. The standard InChI is InChI=1S/C27H26F9N3O3/c1-14-22(15-8-17(25(28,29)30)11-18(9-15)26(31,32)33)42-24(40)38(14)13-16-10-19(27(34,35)36)12-37-23(16)39(20-2-3-20)21-4-6-41-7-5-21/h8-12,14,20-22H,2-7,13H2,1H3/t14-,22-/m0/s1. The minimum atomic E-state index is -5.11. The number of carbonyl (C=O) groups is 1. The van der Waals surface area contributed by atoms with Crippen molar-refractivity contribution in [1.29, 1.82) is 0 Å². The van der Waals surface area contributed by atoms with Crippen molar-refractivity contribution in [3.8, 4) is 0 Å². The second-order valence-corrected chi connectivity index (χ2v) is 10.7. The highest BCUT2D eigenvalue weighted by atomic mass is 19.4. The van der Waals surface area contributed by atoms with E-state index < -0.39 is 65.6 Å². The molecule has 230 valence electrons. The van der Waals surface area contributed by atoms with E-state index in [1.165, 1.54) is 6.92 Å². The Bertz CT molecular complexity index is 1290. The third kappa shape index (κ3) is 6.25. The molecule has 0 spiro atoms. The number of rotatable bonds is 6. The van der Waals surface area contributed by atoms with Gasteiger partial charge in [0.2, 0.25) is 0 Å². The second kappa shape index (κ2) is 10.8. The molecule has 1 aliphatic carbocycles. The predicted molar refractivity (Wildman–Crippen MR) is 129 cm³/mol. The van der Waals surface area contributed by atoms with Gasteiger partial charge in [-0.1, -0.05) is 0 Å². The normalized spacial score (nSPS) is 22.4. The monoisotopic (exact) mass is 611 g/mol. The zero-order valence-corrected chi connectivity index (χ0v) is 22.1. The van der Waals surface area contributed by atoms with Crippen LogP contribution in [0.3, 0.4) is 0 Å². The molecule has 2 saturated heterocycles. The van der Waals surface area contributed by atoms with Gasteiger partial charge < -0.3 is 14.4 Å². The first-order chi connectivity index (χ1) is 19.5. The van der Waals surface area contributed by atoms with Crippen LogP contribution < -0.4 is 4.90 Å². The summed E-state index contributed by atoms with van der Waals surface area (Å²) in [6, 6.07) is 0.618. The molecular weight excluding hydrogens is 585 g/mol. The maximum absolute atomic E-state index is 13.7. The summed E-state index contributed by atoms with van der Waals surface area (Å²) in [4.78, 5) is 20.0. The molecule has 0 radical (unpaired) electrons. The van der Waals surface area contributed by atoms with Crippen molar-refractivity contribution >= 4 is 11.9 Å². The van der Waals surface area contributed by atoms with Gasteiger partial charge in [-0.05, 0) is 62.4 Å². The van der Waals surface area contributed by atoms with E-state index in [4.69, 9.17) is 9.47 Å². The number of carbonyl (C=O) groups excluding carboxylic acids is 1. The third-order valence-corrected chi connectivity index (χ3v) is 7.71. The summed E-state index contributed by atoms with van der Waals surface area (Å²) < 4.78 is 132. The molecule has 15 heteroatoms. The third-order valence-electron chi connectivity index (χ3n) is 7.71. The largest absolute Gasteiger partial charge is 0.439 e. The minimum absolute atomic E-state index is 0.0256. The summed E-state index contributed by atoms with van der Waals surface area (Å²) in [5.41, 5.74) is -4.71. The molecule has 1 aromatic carbocycles. The Morgan fingerprint density at radius 2 is 1.38 bits per heavy atom. The molecule has 2 aromatic rings. The number of alkyl halides is 9. The van der Waals surface area contributed by atoms with Gasteiger partial charge in [0.05, 0.1) is 29.3 Å². The molecule has 2 atom stereocenters. The summed E-state index contributed by atoms with van der Waals surface area (Å²) in [7, 11) is 0. The Balaban J connectivity index is 1.50. The number of aromatic nitrogens is 1. The van der Waals surface area contributed by atoms with Gasteiger partial charge in [0.15, 0.2) is 0 Å². The van der Waals surface area contributed by atoms with E-state index >= 15 is 0 Å². The van der Waals surface area contributed by atoms with Crippen LogP contribution in [0.2, 0.25) is 0 Å². The lowest BCUT2D eigenvalue weighted by molar-refractivity contribution is -0.143. The molecular formula is C27H26F9N3O3. The average Bonchev–Trinajstić information content (AvgIpc) is 3.70. The number of ether oxygens (including phenoxy) is 2. The molecule has 42 heavy (non-hydrogen) atoms. The summed E-state index contributed by atoms with van der Waals surface area (Å²) >= 11 is 0. The van der Waals surface area contributed by atoms with Crippen molar-refractivity contribution in [3.05, 3.63) is 58.3 Å². The van der Waals surface area contributed by atoms with Crippen molar-refractivity contribution in [1.82, 2.24) is 9.88 Å². The molecule has 0 bridgehead atoms. The lowest BCUT2D eigenvalue weighted by Crippen LogP contribution is -2.42. The minimum Gasteiger partial charge on any atom is -0.439 e. The summed E-state index contributed by atoms with van der Waals surface area (Å²) in [5.74, 6) is 0.235. The van der Waals surface area contributed by atoms with Gasteiger partial charge in [-0.15, -0.1) is 0 Å². The molecule has 1 saturated carbocycles. The number of nitrogens with zero attached hydrogens (tertiary/aromatic N) is 3. The average molecular weight is 612 g/mol. The molecule has 3 heterocycles. The Morgan fingerprint density at radius 3 is 1.90 bits per heavy atom. The zero-order valence-electron chi connectivity index (χ0n) is 22.1. The maximum Gasteiger partial charge on any atom is 0.417 e. The topological polar surface area (TPSA) is 54.9 Å². The molecule has 3 fully saturated rings. The molecule has 5 rings (SSSR count). The maximum atomic E-state index is 13.7. The van der Waals surface area contributed by atoms with Crippen molar-refractivity contribution in [2.24, 2.45) is 0 Å². The van der Waals surface area contributed by atoms with Crippen LogP contribution in [-0.4, -0.2) is 47.3 Å². The first kappa shape index (κ1) is 30.2. The van der Waals surface area contributed by atoms with Crippen LogP contribution in [0.15, 0.2) is 30.5 Å². The molecule has 1 aromatic heterocycles. The fraction of sp³-hybridized carbons (Fsp3) is 0.556. The van der Waals surface area contributed by atoms with Crippen molar-refractivity contribution in [2.75, 3.05) is 18.1 Å². The van der Waals surface area contributed by atoms with Gasteiger partial charge in [0.1, 0.15) is 11.9 Å². The fourth-order valence-electron chi connectivity index (χ4n) is 5.45. The van der Waals surface area contributed by atoms with Gasteiger partial charge >= 0.3 is 24.6 Å². The summed E-state index contributed by atoms with van der Waals surface area (Å²) in [6.07, 6.45) is -14.1. The highest BCUT2D eigenvalue weighted by Crippen LogP contribution is 2.43. The molecule has 1 amide bonds. The number of cyclic esters (lactones) is 1. The smallest absolute Gasteiger partial charge is 0.417 e. The van der Waals surface area contributed by atoms with Crippen LogP contribution in [0.5, 0.6) is 0 Å². The number of anilines is 1. The van der Waals surface area contributed by atoms with Crippen molar-refractivity contribution in [3.63, 3.8) is 0 Å². The first-order valence-corrected chi connectivity index (χ1v) is 13.2. The van der Waals surface area contributed by atoms with Gasteiger partial charge in [-0.3, -0.25) is 4.90 Å². The van der Waals surface area contributed by atoms with E-state index in [1.807, 2.05) is 4.90 Å². The Morgan fingerprint density at radius 1 is 0.833 bits per heavy atom. The number of hydrogen-bond acceptors (Lipinski definition) is 5. The van der Waals surface area contributed by atoms with E-state index in [9.17, 15) is 44.3 Å². The van der Waals surface area contributed by atoms with E-state index in [2.05, 4.69) is 4.98 Å².